The number of aliphatic hydroxyl groups excluding tert-OH is 1. The number of benzene rings is 1. The number of hydrogen-bond acceptors (Lipinski definition) is 4. The molecule has 2 rings (SSSR count). The van der Waals surface area contributed by atoms with E-state index in [4.69, 9.17) is 9.84 Å². The molecule has 0 unspecified atom stereocenters. The summed E-state index contributed by atoms with van der Waals surface area (Å²) < 4.78 is 5.27. The molecule has 0 aliphatic carbocycles. The van der Waals surface area contributed by atoms with Gasteiger partial charge < -0.3 is 14.7 Å². The van der Waals surface area contributed by atoms with E-state index in [1.165, 1.54) is 0 Å². The maximum absolute atomic E-state index is 12.5. The highest BCUT2D eigenvalue weighted by atomic mass is 16.5. The Kier molecular flexibility index (Phi) is 6.17. The smallest absolute Gasteiger partial charge is 0.254 e. The summed E-state index contributed by atoms with van der Waals surface area (Å²) in [5.41, 5.74) is 1.83. The molecule has 1 aromatic carbocycles. The Morgan fingerprint density at radius 1 is 1.19 bits per heavy atom. The molecular weight excluding hydrogens is 268 g/mol. The maximum Gasteiger partial charge on any atom is 0.254 e. The fourth-order valence-electron chi connectivity index (χ4n) is 2.52. The molecule has 1 saturated heterocycles. The van der Waals surface area contributed by atoms with Crippen LogP contribution < -0.4 is 0 Å². The summed E-state index contributed by atoms with van der Waals surface area (Å²) in [6.45, 7) is 7.19. The molecular formula is C16H24N2O3. The molecule has 1 aromatic rings. The molecule has 5 nitrogen and oxygen atoms in total. The van der Waals surface area contributed by atoms with Crippen LogP contribution in [0.3, 0.4) is 0 Å². The van der Waals surface area contributed by atoms with Gasteiger partial charge in [-0.1, -0.05) is 18.2 Å². The van der Waals surface area contributed by atoms with Gasteiger partial charge in [-0.3, -0.25) is 9.69 Å². The minimum atomic E-state index is 0.0682. The van der Waals surface area contributed by atoms with Gasteiger partial charge in [0, 0.05) is 38.3 Å². The second-order valence-corrected chi connectivity index (χ2v) is 5.28. The zero-order chi connectivity index (χ0) is 15.1. The highest BCUT2D eigenvalue weighted by molar-refractivity contribution is 5.95. The van der Waals surface area contributed by atoms with Crippen LogP contribution in [0.15, 0.2) is 24.3 Å². The number of aryl methyl sites for hydroxylation is 1. The van der Waals surface area contributed by atoms with Crippen molar-refractivity contribution in [3.8, 4) is 0 Å². The molecule has 0 saturated carbocycles. The number of aliphatic hydroxyl groups is 1. The molecule has 0 spiro atoms. The largest absolute Gasteiger partial charge is 0.394 e. The van der Waals surface area contributed by atoms with Crippen LogP contribution in [0.1, 0.15) is 15.9 Å². The van der Waals surface area contributed by atoms with E-state index in [1.807, 2.05) is 36.1 Å². The van der Waals surface area contributed by atoms with Crippen LogP contribution in [-0.4, -0.2) is 73.4 Å². The average molecular weight is 292 g/mol. The summed E-state index contributed by atoms with van der Waals surface area (Å²) in [7, 11) is 0. The molecule has 0 aromatic heterocycles. The molecule has 1 amide bonds. The van der Waals surface area contributed by atoms with Crippen LogP contribution in [0.5, 0.6) is 0 Å². The van der Waals surface area contributed by atoms with Gasteiger partial charge in [0.1, 0.15) is 0 Å². The summed E-state index contributed by atoms with van der Waals surface area (Å²) in [5.74, 6) is 0.129. The Bertz CT molecular complexity index is 457. The van der Waals surface area contributed by atoms with Crippen molar-refractivity contribution in [2.75, 3.05) is 52.5 Å². The third-order valence-electron chi connectivity index (χ3n) is 3.82. The summed E-state index contributed by atoms with van der Waals surface area (Å²) in [6.07, 6.45) is 0. The van der Waals surface area contributed by atoms with Crippen molar-refractivity contribution in [2.24, 2.45) is 0 Å². The van der Waals surface area contributed by atoms with Crippen molar-refractivity contribution in [1.29, 1.82) is 0 Å². The zero-order valence-corrected chi connectivity index (χ0v) is 12.6. The Morgan fingerprint density at radius 3 is 2.57 bits per heavy atom. The van der Waals surface area contributed by atoms with E-state index in [-0.39, 0.29) is 12.5 Å². The number of hydrogen-bond donors (Lipinski definition) is 1. The molecule has 1 fully saturated rings. The van der Waals surface area contributed by atoms with E-state index < -0.39 is 0 Å². The lowest BCUT2D eigenvalue weighted by atomic mass is 10.1. The number of nitrogens with zero attached hydrogens (tertiary/aromatic N) is 2. The number of ether oxygens (including phenoxy) is 1. The molecule has 1 N–H and O–H groups in total. The highest BCUT2D eigenvalue weighted by Gasteiger charge is 2.22. The van der Waals surface area contributed by atoms with Crippen LogP contribution in [0, 0.1) is 6.92 Å². The molecule has 116 valence electrons. The molecule has 21 heavy (non-hydrogen) atoms. The van der Waals surface area contributed by atoms with Gasteiger partial charge >= 0.3 is 0 Å². The normalized spacial score (nSPS) is 16.2. The lowest BCUT2D eigenvalue weighted by molar-refractivity contribution is 0.0486. The van der Waals surface area contributed by atoms with Gasteiger partial charge in [0.25, 0.3) is 5.91 Å². The Morgan fingerprint density at radius 2 is 1.90 bits per heavy atom. The van der Waals surface area contributed by atoms with Crippen LogP contribution in [0.2, 0.25) is 0 Å². The Labute approximate surface area is 126 Å². The van der Waals surface area contributed by atoms with Gasteiger partial charge in [-0.2, -0.15) is 0 Å². The van der Waals surface area contributed by atoms with Gasteiger partial charge in [0.05, 0.1) is 19.8 Å². The van der Waals surface area contributed by atoms with E-state index >= 15 is 0 Å². The van der Waals surface area contributed by atoms with Gasteiger partial charge in [0.15, 0.2) is 0 Å². The minimum Gasteiger partial charge on any atom is -0.394 e. The molecule has 5 heteroatoms. The monoisotopic (exact) mass is 292 g/mol. The summed E-state index contributed by atoms with van der Waals surface area (Å²) in [5, 5.41) is 8.65. The van der Waals surface area contributed by atoms with E-state index in [9.17, 15) is 4.79 Å². The predicted molar refractivity (Wildman–Crippen MR) is 81.4 cm³/mol. The summed E-state index contributed by atoms with van der Waals surface area (Å²) >= 11 is 0. The molecule has 0 radical (unpaired) electrons. The molecule has 1 heterocycles. The number of rotatable bonds is 6. The lowest BCUT2D eigenvalue weighted by Gasteiger charge is -2.34. The van der Waals surface area contributed by atoms with Gasteiger partial charge in [0.2, 0.25) is 0 Å². The highest BCUT2D eigenvalue weighted by Crippen LogP contribution is 2.12. The number of piperazine rings is 1. The fourth-order valence-corrected chi connectivity index (χ4v) is 2.52. The first-order valence-electron chi connectivity index (χ1n) is 7.48. The van der Waals surface area contributed by atoms with E-state index in [1.54, 1.807) is 0 Å². The summed E-state index contributed by atoms with van der Waals surface area (Å²) in [4.78, 5) is 16.7. The van der Waals surface area contributed by atoms with Crippen molar-refractivity contribution >= 4 is 5.91 Å². The third kappa shape index (κ3) is 4.52. The second-order valence-electron chi connectivity index (χ2n) is 5.28. The topological polar surface area (TPSA) is 53.0 Å². The summed E-state index contributed by atoms with van der Waals surface area (Å²) in [6, 6.07) is 7.74. The van der Waals surface area contributed by atoms with Gasteiger partial charge in [-0.05, 0) is 18.6 Å². The molecule has 1 aliphatic heterocycles. The predicted octanol–water partition coefficient (Wildman–Crippen LogP) is 0.762. The Hall–Kier alpha value is -1.43. The van der Waals surface area contributed by atoms with Crippen LogP contribution in [0.25, 0.3) is 0 Å². The molecule has 1 aliphatic rings. The third-order valence-corrected chi connectivity index (χ3v) is 3.82. The van der Waals surface area contributed by atoms with Crippen LogP contribution in [-0.2, 0) is 4.74 Å². The minimum absolute atomic E-state index is 0.0682. The van der Waals surface area contributed by atoms with Crippen LogP contribution >= 0.6 is 0 Å². The van der Waals surface area contributed by atoms with Crippen molar-refractivity contribution in [2.45, 2.75) is 6.92 Å². The lowest BCUT2D eigenvalue weighted by Crippen LogP contribution is -2.49. The van der Waals surface area contributed by atoms with E-state index in [0.29, 0.717) is 13.2 Å². The fraction of sp³-hybridized carbons (Fsp3) is 0.562. The van der Waals surface area contributed by atoms with Crippen molar-refractivity contribution in [3.05, 3.63) is 35.4 Å². The maximum atomic E-state index is 12.5. The average Bonchev–Trinajstić information content (AvgIpc) is 2.52. The van der Waals surface area contributed by atoms with Crippen molar-refractivity contribution in [3.63, 3.8) is 0 Å². The first-order chi connectivity index (χ1) is 10.2. The van der Waals surface area contributed by atoms with E-state index in [2.05, 4.69) is 4.90 Å². The number of amides is 1. The SMILES string of the molecule is Cc1ccccc1C(=O)N1CCN(CCOCCO)CC1. The van der Waals surface area contributed by atoms with E-state index in [0.717, 1.165) is 43.9 Å². The first-order valence-corrected chi connectivity index (χ1v) is 7.48. The number of carbonyl (C=O) groups excluding carboxylic acids is 1. The van der Waals surface area contributed by atoms with Crippen molar-refractivity contribution in [1.82, 2.24) is 9.80 Å². The quantitative estimate of drug-likeness (QED) is 0.787. The second kappa shape index (κ2) is 8.12. The number of carbonyl (C=O) groups is 1. The first kappa shape index (κ1) is 15.9. The molecule has 0 bridgehead atoms. The van der Waals surface area contributed by atoms with Crippen molar-refractivity contribution < 1.29 is 14.6 Å². The van der Waals surface area contributed by atoms with Gasteiger partial charge in [-0.25, -0.2) is 0 Å². The Balaban J connectivity index is 1.78. The van der Waals surface area contributed by atoms with Crippen LogP contribution in [0.4, 0.5) is 0 Å². The zero-order valence-electron chi connectivity index (χ0n) is 12.6. The van der Waals surface area contributed by atoms with Gasteiger partial charge in [-0.15, -0.1) is 0 Å². The molecule has 0 atom stereocenters. The standard InChI is InChI=1S/C16H24N2O3/c1-14-4-2-3-5-15(14)16(20)18-8-6-17(7-9-18)10-12-21-13-11-19/h2-5,19H,6-13H2,1H3.